The molecule has 0 amide bonds. The predicted molar refractivity (Wildman–Crippen MR) is 72.4 cm³/mol. The zero-order valence-electron chi connectivity index (χ0n) is 9.73. The first-order valence-corrected chi connectivity index (χ1v) is 6.45. The Morgan fingerprint density at radius 1 is 1.29 bits per heavy atom. The topological polar surface area (TPSA) is 35.8 Å². The van der Waals surface area contributed by atoms with E-state index in [2.05, 4.69) is 28.9 Å². The highest BCUT2D eigenvalue weighted by Crippen LogP contribution is 2.19. The third-order valence-electron chi connectivity index (χ3n) is 2.65. The lowest BCUT2D eigenvalue weighted by molar-refractivity contribution is 1.04. The first kappa shape index (κ1) is 11.7. The maximum Gasteiger partial charge on any atom is 0.101 e. The van der Waals surface area contributed by atoms with Crippen LogP contribution in [-0.2, 0) is 6.42 Å². The number of hydrogen-bond donors (Lipinski definition) is 1. The lowest BCUT2D eigenvalue weighted by Crippen LogP contribution is -2.06. The summed E-state index contributed by atoms with van der Waals surface area (Å²) in [5.74, 6) is 0. The molecule has 1 heterocycles. The molecular weight excluding hydrogens is 228 g/mol. The van der Waals surface area contributed by atoms with Crippen LogP contribution < -0.4 is 5.32 Å². The monoisotopic (exact) mass is 242 g/mol. The number of nitrogens with zero attached hydrogens (tertiary/aromatic N) is 1. The Morgan fingerprint density at radius 2 is 2.18 bits per heavy atom. The molecule has 0 fully saturated rings. The van der Waals surface area contributed by atoms with Crippen molar-refractivity contribution in [1.82, 2.24) is 0 Å². The molecule has 0 saturated carbocycles. The van der Waals surface area contributed by atoms with Crippen LogP contribution >= 0.6 is 11.3 Å². The first-order valence-electron chi connectivity index (χ1n) is 5.57. The smallest absolute Gasteiger partial charge is 0.101 e. The van der Waals surface area contributed by atoms with Crippen LogP contribution in [0.3, 0.4) is 0 Å². The van der Waals surface area contributed by atoms with E-state index in [1.54, 1.807) is 11.3 Å². The molecule has 0 aliphatic carbocycles. The fourth-order valence-corrected chi connectivity index (χ4v) is 2.47. The standard InChI is InChI=1S/C14H14N2S/c1-11-4-2-5-12(10-15)14(11)16-8-7-13-6-3-9-17-13/h2-6,9,16H,7-8H2,1H3. The van der Waals surface area contributed by atoms with Crippen LogP contribution in [0.25, 0.3) is 0 Å². The van der Waals surface area contributed by atoms with Crippen molar-refractivity contribution >= 4 is 17.0 Å². The van der Waals surface area contributed by atoms with Gasteiger partial charge in [0.15, 0.2) is 0 Å². The summed E-state index contributed by atoms with van der Waals surface area (Å²) in [7, 11) is 0. The van der Waals surface area contributed by atoms with Gasteiger partial charge in [-0.25, -0.2) is 0 Å². The molecule has 17 heavy (non-hydrogen) atoms. The van der Waals surface area contributed by atoms with Crippen molar-refractivity contribution in [3.8, 4) is 6.07 Å². The lowest BCUT2D eigenvalue weighted by atomic mass is 10.1. The zero-order chi connectivity index (χ0) is 12.1. The Hall–Kier alpha value is -1.79. The number of para-hydroxylation sites is 1. The molecule has 0 aliphatic heterocycles. The summed E-state index contributed by atoms with van der Waals surface area (Å²) in [6.45, 7) is 2.88. The average molecular weight is 242 g/mol. The molecule has 0 unspecified atom stereocenters. The second-order valence-electron chi connectivity index (χ2n) is 3.87. The predicted octanol–water partition coefficient (Wildman–Crippen LogP) is 3.58. The van der Waals surface area contributed by atoms with E-state index >= 15 is 0 Å². The number of nitriles is 1. The normalized spacial score (nSPS) is 9.88. The highest BCUT2D eigenvalue weighted by atomic mass is 32.1. The summed E-state index contributed by atoms with van der Waals surface area (Å²) in [4.78, 5) is 1.37. The third-order valence-corrected chi connectivity index (χ3v) is 3.58. The van der Waals surface area contributed by atoms with Gasteiger partial charge in [-0.05, 0) is 36.4 Å². The Bertz CT molecular complexity index is 524. The van der Waals surface area contributed by atoms with Gasteiger partial charge in [0.05, 0.1) is 11.3 Å². The number of thiophene rings is 1. The number of hydrogen-bond acceptors (Lipinski definition) is 3. The van der Waals surface area contributed by atoms with Crippen LogP contribution in [0.15, 0.2) is 35.7 Å². The number of benzene rings is 1. The number of aryl methyl sites for hydroxylation is 1. The van der Waals surface area contributed by atoms with Crippen molar-refractivity contribution in [2.45, 2.75) is 13.3 Å². The molecule has 2 aromatic rings. The highest BCUT2D eigenvalue weighted by Gasteiger charge is 2.04. The SMILES string of the molecule is Cc1cccc(C#N)c1NCCc1cccs1. The minimum absolute atomic E-state index is 0.719. The molecule has 0 radical (unpaired) electrons. The molecule has 1 aromatic carbocycles. The van der Waals surface area contributed by atoms with E-state index in [-0.39, 0.29) is 0 Å². The lowest BCUT2D eigenvalue weighted by Gasteiger charge is -2.10. The summed E-state index contributed by atoms with van der Waals surface area (Å²) in [6.07, 6.45) is 0.997. The van der Waals surface area contributed by atoms with Crippen LogP contribution in [0.5, 0.6) is 0 Å². The molecule has 86 valence electrons. The van der Waals surface area contributed by atoms with Crippen molar-refractivity contribution in [3.63, 3.8) is 0 Å². The molecule has 0 saturated heterocycles. The van der Waals surface area contributed by atoms with E-state index in [1.807, 2.05) is 25.1 Å². The van der Waals surface area contributed by atoms with Gasteiger partial charge in [0.25, 0.3) is 0 Å². The zero-order valence-corrected chi connectivity index (χ0v) is 10.6. The van der Waals surface area contributed by atoms with Crippen molar-refractivity contribution < 1.29 is 0 Å². The van der Waals surface area contributed by atoms with Gasteiger partial charge in [-0.2, -0.15) is 5.26 Å². The second-order valence-corrected chi connectivity index (χ2v) is 4.90. The second kappa shape index (κ2) is 5.51. The van der Waals surface area contributed by atoms with E-state index in [1.165, 1.54) is 4.88 Å². The van der Waals surface area contributed by atoms with E-state index in [9.17, 15) is 0 Å². The molecular formula is C14H14N2S. The van der Waals surface area contributed by atoms with Gasteiger partial charge in [-0.3, -0.25) is 0 Å². The average Bonchev–Trinajstić information content (AvgIpc) is 2.84. The van der Waals surface area contributed by atoms with Crippen molar-refractivity contribution in [2.24, 2.45) is 0 Å². The van der Waals surface area contributed by atoms with E-state index in [4.69, 9.17) is 5.26 Å². The largest absolute Gasteiger partial charge is 0.383 e. The van der Waals surface area contributed by atoms with Gasteiger partial charge in [0.1, 0.15) is 6.07 Å². The van der Waals surface area contributed by atoms with E-state index in [0.717, 1.165) is 29.8 Å². The number of rotatable bonds is 4. The van der Waals surface area contributed by atoms with Crippen LogP contribution in [0.2, 0.25) is 0 Å². The molecule has 1 aromatic heterocycles. The van der Waals surface area contributed by atoms with Crippen LogP contribution in [0.4, 0.5) is 5.69 Å². The summed E-state index contributed by atoms with van der Waals surface area (Å²) in [5, 5.41) is 14.5. The van der Waals surface area contributed by atoms with E-state index < -0.39 is 0 Å². The Kier molecular flexibility index (Phi) is 3.79. The van der Waals surface area contributed by atoms with Gasteiger partial charge in [0, 0.05) is 11.4 Å². The van der Waals surface area contributed by atoms with Crippen molar-refractivity contribution in [2.75, 3.05) is 11.9 Å². The molecule has 2 nitrogen and oxygen atoms in total. The fraction of sp³-hybridized carbons (Fsp3) is 0.214. The molecule has 3 heteroatoms. The summed E-state index contributed by atoms with van der Waals surface area (Å²) >= 11 is 1.77. The number of anilines is 1. The summed E-state index contributed by atoms with van der Waals surface area (Å²) in [5.41, 5.74) is 2.80. The summed E-state index contributed by atoms with van der Waals surface area (Å²) in [6, 6.07) is 12.2. The highest BCUT2D eigenvalue weighted by molar-refractivity contribution is 7.09. The molecule has 0 bridgehead atoms. The Balaban J connectivity index is 2.02. The van der Waals surface area contributed by atoms with Gasteiger partial charge in [-0.1, -0.05) is 18.2 Å². The molecule has 1 N–H and O–H groups in total. The Morgan fingerprint density at radius 3 is 2.88 bits per heavy atom. The first-order chi connectivity index (χ1) is 8.31. The van der Waals surface area contributed by atoms with Gasteiger partial charge >= 0.3 is 0 Å². The van der Waals surface area contributed by atoms with Crippen LogP contribution in [0, 0.1) is 18.3 Å². The van der Waals surface area contributed by atoms with Crippen LogP contribution in [0.1, 0.15) is 16.0 Å². The van der Waals surface area contributed by atoms with E-state index in [0.29, 0.717) is 0 Å². The summed E-state index contributed by atoms with van der Waals surface area (Å²) < 4.78 is 0. The molecule has 0 atom stereocenters. The van der Waals surface area contributed by atoms with Gasteiger partial charge < -0.3 is 5.32 Å². The number of nitrogens with one attached hydrogen (secondary N) is 1. The van der Waals surface area contributed by atoms with Gasteiger partial charge in [-0.15, -0.1) is 11.3 Å². The quantitative estimate of drug-likeness (QED) is 0.889. The third kappa shape index (κ3) is 2.86. The van der Waals surface area contributed by atoms with Crippen LogP contribution in [-0.4, -0.2) is 6.54 Å². The Labute approximate surface area is 106 Å². The fourth-order valence-electron chi connectivity index (χ4n) is 1.76. The molecule has 0 spiro atoms. The minimum Gasteiger partial charge on any atom is -0.383 e. The van der Waals surface area contributed by atoms with Crippen molar-refractivity contribution in [1.29, 1.82) is 5.26 Å². The minimum atomic E-state index is 0.719. The van der Waals surface area contributed by atoms with Gasteiger partial charge in [0.2, 0.25) is 0 Å². The maximum absolute atomic E-state index is 9.04. The molecule has 0 aliphatic rings. The molecule has 2 rings (SSSR count). The van der Waals surface area contributed by atoms with Crippen molar-refractivity contribution in [3.05, 3.63) is 51.7 Å². The maximum atomic E-state index is 9.04.